The molecule has 0 bridgehead atoms. The van der Waals surface area contributed by atoms with Gasteiger partial charge in [0, 0.05) is 18.1 Å². The number of imide groups is 1. The van der Waals surface area contributed by atoms with Gasteiger partial charge >= 0.3 is 6.09 Å². The van der Waals surface area contributed by atoms with E-state index in [0.717, 1.165) is 10.5 Å². The van der Waals surface area contributed by atoms with Crippen LogP contribution >= 0.6 is 0 Å². The molecular weight excluding hydrogens is 384 g/mol. The highest BCUT2D eigenvalue weighted by atomic mass is 16.6. The molecule has 2 aromatic carbocycles. The van der Waals surface area contributed by atoms with E-state index in [9.17, 15) is 14.7 Å². The van der Waals surface area contributed by atoms with Crippen LogP contribution in [-0.2, 0) is 20.7 Å². The van der Waals surface area contributed by atoms with E-state index in [1.54, 1.807) is 12.1 Å². The first-order valence-electron chi connectivity index (χ1n) is 9.59. The highest BCUT2D eigenvalue weighted by molar-refractivity contribution is 6.02. The molecule has 0 aromatic heterocycles. The highest BCUT2D eigenvalue weighted by Crippen LogP contribution is 2.27. The second-order valence-corrected chi connectivity index (χ2v) is 7.03. The number of phenolic OH excluding ortho intramolecular Hbond substituents is 1. The molecule has 30 heavy (non-hydrogen) atoms. The summed E-state index contributed by atoms with van der Waals surface area (Å²) in [5, 5.41) is 17.9. The zero-order valence-electron chi connectivity index (χ0n) is 16.7. The summed E-state index contributed by atoms with van der Waals surface area (Å²) in [6, 6.07) is 15.5. The van der Waals surface area contributed by atoms with Gasteiger partial charge in [0.25, 0.3) is 0 Å². The van der Waals surface area contributed by atoms with Crippen LogP contribution < -0.4 is 0 Å². The molecule has 2 N–H and O–H groups in total. The van der Waals surface area contributed by atoms with Crippen molar-refractivity contribution in [2.24, 2.45) is 0 Å². The Hall–Kier alpha value is -3.61. The highest BCUT2D eigenvalue weighted by Gasteiger charge is 2.39. The first-order valence-corrected chi connectivity index (χ1v) is 9.59. The van der Waals surface area contributed by atoms with E-state index < -0.39 is 24.0 Å². The lowest BCUT2D eigenvalue weighted by atomic mass is 9.90. The van der Waals surface area contributed by atoms with Crippen molar-refractivity contribution in [1.82, 2.24) is 4.90 Å². The van der Waals surface area contributed by atoms with E-state index in [1.165, 1.54) is 31.6 Å². The summed E-state index contributed by atoms with van der Waals surface area (Å²) < 4.78 is 10.0. The summed E-state index contributed by atoms with van der Waals surface area (Å²) in [6.45, 7) is 0.143. The van der Waals surface area contributed by atoms with Gasteiger partial charge in [-0.25, -0.2) is 9.69 Å². The van der Waals surface area contributed by atoms with Gasteiger partial charge in [0.2, 0.25) is 5.91 Å². The largest absolute Gasteiger partial charge is 0.508 e. The number of nitrogens with one attached hydrogen (secondary N) is 1. The summed E-state index contributed by atoms with van der Waals surface area (Å²) >= 11 is 0. The summed E-state index contributed by atoms with van der Waals surface area (Å²) in [4.78, 5) is 26.6. The van der Waals surface area contributed by atoms with Gasteiger partial charge in [0.15, 0.2) is 0 Å². The quantitative estimate of drug-likeness (QED) is 0.513. The number of rotatable bonds is 8. The minimum absolute atomic E-state index is 0.0853. The molecule has 2 amide bonds. The number of allylic oxidation sites excluding steroid dienone is 1. The number of hydrogen-bond acceptors (Lipinski definition) is 6. The minimum Gasteiger partial charge on any atom is -0.508 e. The van der Waals surface area contributed by atoms with Crippen LogP contribution in [0.5, 0.6) is 5.75 Å². The normalized spacial score (nSPS) is 17.0. The molecule has 3 rings (SSSR count). The van der Waals surface area contributed by atoms with Crippen molar-refractivity contribution in [1.29, 1.82) is 5.41 Å². The standard InChI is InChI=1S/C23H24N2O5/c1-29-12-11-21(24)20(17-7-9-19(26)10-8-17)14-22(27)25-18(15-30-23(25)28)13-16-5-3-2-4-6-16/h2-12,18,20,24,26H,13-15H2,1H3/b12-11-,24-21?/t18-,20-/m0/s1. The fourth-order valence-corrected chi connectivity index (χ4v) is 3.45. The molecule has 7 nitrogen and oxygen atoms in total. The SMILES string of the molecule is CO/C=C\C(=N)[C@@H](CC(=O)N1C(=O)OC[C@@H]1Cc1ccccc1)c1ccc(O)cc1. The third kappa shape index (κ3) is 5.05. The number of hydrogen-bond donors (Lipinski definition) is 2. The van der Waals surface area contributed by atoms with Gasteiger partial charge in [-0.15, -0.1) is 0 Å². The Balaban J connectivity index is 1.80. The fourth-order valence-electron chi connectivity index (χ4n) is 3.45. The van der Waals surface area contributed by atoms with Crippen molar-refractivity contribution >= 4 is 17.7 Å². The molecule has 1 aliphatic rings. The van der Waals surface area contributed by atoms with Crippen LogP contribution in [0.15, 0.2) is 66.9 Å². The summed E-state index contributed by atoms with van der Waals surface area (Å²) in [5.41, 5.74) is 1.84. The average Bonchev–Trinajstić information content (AvgIpc) is 3.11. The van der Waals surface area contributed by atoms with Crippen molar-refractivity contribution in [3.05, 3.63) is 78.1 Å². The van der Waals surface area contributed by atoms with E-state index in [4.69, 9.17) is 14.9 Å². The Morgan fingerprint density at radius 3 is 2.63 bits per heavy atom. The van der Waals surface area contributed by atoms with Gasteiger partial charge < -0.3 is 20.0 Å². The van der Waals surface area contributed by atoms with E-state index in [-0.39, 0.29) is 24.5 Å². The first kappa shape index (κ1) is 21.1. The van der Waals surface area contributed by atoms with E-state index in [1.807, 2.05) is 30.3 Å². The maximum atomic E-state index is 13.1. The Bertz CT molecular complexity index is 924. The number of amides is 2. The number of nitrogens with zero attached hydrogens (tertiary/aromatic N) is 1. The Morgan fingerprint density at radius 2 is 1.97 bits per heavy atom. The Labute approximate surface area is 175 Å². The number of methoxy groups -OCH3 is 1. The number of benzene rings is 2. The fraction of sp³-hybridized carbons (Fsp3) is 0.261. The van der Waals surface area contributed by atoms with Gasteiger partial charge in [-0.1, -0.05) is 42.5 Å². The van der Waals surface area contributed by atoms with Crippen LogP contribution in [0.3, 0.4) is 0 Å². The molecule has 1 saturated heterocycles. The molecule has 1 heterocycles. The molecule has 0 radical (unpaired) electrons. The average molecular weight is 408 g/mol. The maximum absolute atomic E-state index is 13.1. The molecule has 0 unspecified atom stereocenters. The lowest BCUT2D eigenvalue weighted by Crippen LogP contribution is -2.41. The zero-order chi connectivity index (χ0) is 21.5. The lowest BCUT2D eigenvalue weighted by molar-refractivity contribution is -0.129. The van der Waals surface area contributed by atoms with Crippen molar-refractivity contribution in [3.63, 3.8) is 0 Å². The van der Waals surface area contributed by atoms with Crippen molar-refractivity contribution in [2.75, 3.05) is 13.7 Å². The second kappa shape index (κ2) is 9.73. The number of phenols is 1. The van der Waals surface area contributed by atoms with Gasteiger partial charge in [0.1, 0.15) is 12.4 Å². The minimum atomic E-state index is -0.663. The Kier molecular flexibility index (Phi) is 6.85. The molecule has 1 aliphatic heterocycles. The smallest absolute Gasteiger partial charge is 0.416 e. The zero-order valence-corrected chi connectivity index (χ0v) is 16.7. The predicted molar refractivity (Wildman–Crippen MR) is 111 cm³/mol. The van der Waals surface area contributed by atoms with Gasteiger partial charge in [-0.05, 0) is 35.8 Å². The third-order valence-corrected chi connectivity index (χ3v) is 4.98. The number of carbonyl (C=O) groups is 2. The maximum Gasteiger partial charge on any atom is 0.416 e. The molecule has 7 heteroatoms. The summed E-state index contributed by atoms with van der Waals surface area (Å²) in [7, 11) is 1.47. The number of cyclic esters (lactones) is 1. The van der Waals surface area contributed by atoms with Crippen molar-refractivity contribution in [2.45, 2.75) is 24.8 Å². The molecule has 0 spiro atoms. The molecule has 1 fully saturated rings. The second-order valence-electron chi connectivity index (χ2n) is 7.03. The summed E-state index contributed by atoms with van der Waals surface area (Å²) in [5.74, 6) is -0.920. The number of carbonyl (C=O) groups excluding carboxylic acids is 2. The van der Waals surface area contributed by atoms with E-state index in [0.29, 0.717) is 12.0 Å². The van der Waals surface area contributed by atoms with Crippen LogP contribution in [0.25, 0.3) is 0 Å². The van der Waals surface area contributed by atoms with Gasteiger partial charge in [-0.2, -0.15) is 0 Å². The predicted octanol–water partition coefficient (Wildman–Crippen LogP) is 3.64. The topological polar surface area (TPSA) is 99.9 Å². The van der Waals surface area contributed by atoms with Crippen molar-refractivity contribution < 1.29 is 24.2 Å². The first-order chi connectivity index (χ1) is 14.5. The molecule has 0 aliphatic carbocycles. The van der Waals surface area contributed by atoms with E-state index >= 15 is 0 Å². The van der Waals surface area contributed by atoms with E-state index in [2.05, 4.69) is 0 Å². The van der Waals surface area contributed by atoms with Gasteiger partial charge in [-0.3, -0.25) is 4.79 Å². The molecular formula is C23H24N2O5. The van der Waals surface area contributed by atoms with Crippen LogP contribution in [0, 0.1) is 5.41 Å². The molecule has 0 saturated carbocycles. The van der Waals surface area contributed by atoms with Crippen LogP contribution in [0.4, 0.5) is 4.79 Å². The van der Waals surface area contributed by atoms with Gasteiger partial charge in [0.05, 0.1) is 19.4 Å². The summed E-state index contributed by atoms with van der Waals surface area (Å²) in [6.07, 6.45) is 2.59. The van der Waals surface area contributed by atoms with Crippen LogP contribution in [0.2, 0.25) is 0 Å². The molecule has 2 aromatic rings. The Morgan fingerprint density at radius 1 is 1.27 bits per heavy atom. The lowest BCUT2D eigenvalue weighted by Gasteiger charge is -2.23. The molecule has 2 atom stereocenters. The monoisotopic (exact) mass is 408 g/mol. The van der Waals surface area contributed by atoms with Crippen LogP contribution in [0.1, 0.15) is 23.5 Å². The van der Waals surface area contributed by atoms with Crippen molar-refractivity contribution in [3.8, 4) is 5.75 Å². The third-order valence-electron chi connectivity index (χ3n) is 4.98. The number of ether oxygens (including phenoxy) is 2. The van der Waals surface area contributed by atoms with Crippen LogP contribution in [-0.4, -0.2) is 47.5 Å². The molecule has 156 valence electrons. The number of aromatic hydroxyl groups is 1.